The van der Waals surface area contributed by atoms with Gasteiger partial charge in [-0.15, -0.1) is 0 Å². The molecule has 0 atom stereocenters. The van der Waals surface area contributed by atoms with Gasteiger partial charge in [0.25, 0.3) is 5.91 Å². The molecule has 4 aromatic rings. The lowest BCUT2D eigenvalue weighted by Crippen LogP contribution is -2.38. The summed E-state index contributed by atoms with van der Waals surface area (Å²) in [5, 5.41) is 6.36. The molecular weight excluding hydrogens is 615 g/mol. The average Bonchev–Trinajstić information content (AvgIpc) is 2.99. The second-order valence-electron chi connectivity index (χ2n) is 11.0. The van der Waals surface area contributed by atoms with Crippen LogP contribution in [0, 0.1) is 0 Å². The van der Waals surface area contributed by atoms with E-state index in [1.54, 1.807) is 48.5 Å². The van der Waals surface area contributed by atoms with Gasteiger partial charge in [0.2, 0.25) is 15.9 Å². The van der Waals surface area contributed by atoms with Crippen molar-refractivity contribution in [1.29, 1.82) is 0 Å². The Hall–Kier alpha value is -4.46. The fraction of sp³-hybridized carbons (Fsp3) is 0.250. The Morgan fingerprint density at radius 1 is 0.822 bits per heavy atom. The minimum atomic E-state index is -3.33. The van der Waals surface area contributed by atoms with Gasteiger partial charge in [-0.3, -0.25) is 14.4 Å². The molecule has 11 nitrogen and oxygen atoms in total. The highest BCUT2D eigenvalue weighted by Gasteiger charge is 2.19. The highest BCUT2D eigenvalue weighted by Crippen LogP contribution is 2.24. The number of ether oxygens (including phenoxy) is 1. The molecule has 0 radical (unpaired) electrons. The maximum atomic E-state index is 12.6. The zero-order valence-electron chi connectivity index (χ0n) is 24.9. The molecule has 45 heavy (non-hydrogen) atoms. The minimum Gasteiger partial charge on any atom is -0.439 e. The van der Waals surface area contributed by atoms with Crippen molar-refractivity contribution in [3.05, 3.63) is 102 Å². The third-order valence-corrected chi connectivity index (χ3v) is 8.96. The van der Waals surface area contributed by atoms with Crippen molar-refractivity contribution in [2.75, 3.05) is 41.0 Å². The molecule has 1 amide bonds. The van der Waals surface area contributed by atoms with E-state index in [4.69, 9.17) is 4.74 Å². The van der Waals surface area contributed by atoms with Crippen LogP contribution in [-0.4, -0.2) is 64.3 Å². The molecule has 1 aliphatic heterocycles. The van der Waals surface area contributed by atoms with Crippen LogP contribution >= 0.6 is 0 Å². The number of rotatable bonds is 11. The number of anilines is 3. The Balaban J connectivity index is 1.05. The molecule has 0 saturated carbocycles. The van der Waals surface area contributed by atoms with Gasteiger partial charge in [0.1, 0.15) is 5.75 Å². The number of benzene rings is 3. The van der Waals surface area contributed by atoms with E-state index >= 15 is 0 Å². The first kappa shape index (κ1) is 31.9. The smallest absolute Gasteiger partial charge is 0.255 e. The Labute approximate surface area is 263 Å². The molecule has 3 N–H and O–H groups in total. The molecule has 236 valence electrons. The Bertz CT molecular complexity index is 1820. The van der Waals surface area contributed by atoms with E-state index in [0.29, 0.717) is 34.6 Å². The second kappa shape index (κ2) is 13.7. The van der Waals surface area contributed by atoms with Crippen LogP contribution in [0.2, 0.25) is 0 Å². The zero-order chi connectivity index (χ0) is 32.0. The normalized spacial score (nSPS) is 14.4. The first-order valence-electron chi connectivity index (χ1n) is 14.3. The fourth-order valence-corrected chi connectivity index (χ4v) is 6.12. The number of carbonyl (C=O) groups is 1. The highest BCUT2D eigenvalue weighted by atomic mass is 32.2. The Morgan fingerprint density at radius 2 is 1.44 bits per heavy atom. The van der Waals surface area contributed by atoms with Crippen LogP contribution in [0.1, 0.15) is 28.8 Å². The van der Waals surface area contributed by atoms with Crippen molar-refractivity contribution < 1.29 is 26.4 Å². The number of likely N-dealkylation sites (tertiary alicyclic amines) is 1. The third kappa shape index (κ3) is 9.51. The van der Waals surface area contributed by atoms with Crippen LogP contribution in [0.15, 0.2) is 96.0 Å². The fourth-order valence-electron chi connectivity index (χ4n) is 4.93. The quantitative estimate of drug-likeness (QED) is 0.205. The number of nitrogens with zero attached hydrogens (tertiary/aromatic N) is 2. The lowest BCUT2D eigenvalue weighted by Gasteiger charge is -2.32. The van der Waals surface area contributed by atoms with Gasteiger partial charge < -0.3 is 15.4 Å². The first-order valence-corrected chi connectivity index (χ1v) is 18.1. The first-order chi connectivity index (χ1) is 21.4. The molecule has 1 aliphatic rings. The number of piperidine rings is 1. The minimum absolute atomic E-state index is 0.201. The maximum Gasteiger partial charge on any atom is 0.255 e. The SMILES string of the molecule is CS(=O)(=O)Nc1ccc(Oc2ccc(CN3CCC(Nc4ccc(C(=O)Nc5ccc(S(C)(=O)=O)cc5)cc4)CC3)cn2)cc1. The lowest BCUT2D eigenvalue weighted by molar-refractivity contribution is 0.102. The number of hydrogen-bond donors (Lipinski definition) is 3. The molecule has 0 bridgehead atoms. The number of sulfonamides is 1. The number of amides is 1. The molecule has 5 rings (SSSR count). The molecule has 2 heterocycles. The molecule has 0 aliphatic carbocycles. The summed E-state index contributed by atoms with van der Waals surface area (Å²) in [6.07, 6.45) is 6.00. The van der Waals surface area contributed by atoms with E-state index in [9.17, 15) is 21.6 Å². The lowest BCUT2D eigenvalue weighted by atomic mass is 10.0. The summed E-state index contributed by atoms with van der Waals surface area (Å²) in [4.78, 5) is 19.7. The largest absolute Gasteiger partial charge is 0.439 e. The molecule has 1 aromatic heterocycles. The van der Waals surface area contributed by atoms with Crippen molar-refractivity contribution in [2.24, 2.45) is 0 Å². The van der Waals surface area contributed by atoms with E-state index in [1.165, 1.54) is 12.1 Å². The highest BCUT2D eigenvalue weighted by molar-refractivity contribution is 7.92. The van der Waals surface area contributed by atoms with Crippen LogP contribution in [0.5, 0.6) is 11.6 Å². The third-order valence-electron chi connectivity index (χ3n) is 7.23. The van der Waals surface area contributed by atoms with Gasteiger partial charge in [-0.2, -0.15) is 0 Å². The van der Waals surface area contributed by atoms with E-state index in [2.05, 4.69) is 25.2 Å². The maximum absolute atomic E-state index is 12.6. The summed E-state index contributed by atoms with van der Waals surface area (Å²) in [6.45, 7) is 2.65. The topological polar surface area (TPSA) is 147 Å². The predicted octanol–water partition coefficient (Wildman–Crippen LogP) is 4.98. The van der Waals surface area contributed by atoms with Gasteiger partial charge in [0.05, 0.1) is 11.2 Å². The summed E-state index contributed by atoms with van der Waals surface area (Å²) in [6, 6.07) is 24.2. The molecular formula is C32H35N5O6S2. The summed E-state index contributed by atoms with van der Waals surface area (Å²) < 4.78 is 54.2. The summed E-state index contributed by atoms with van der Waals surface area (Å²) >= 11 is 0. The number of hydrogen-bond acceptors (Lipinski definition) is 9. The average molecular weight is 650 g/mol. The second-order valence-corrected chi connectivity index (χ2v) is 14.8. The molecule has 1 saturated heterocycles. The van der Waals surface area contributed by atoms with Crippen molar-refractivity contribution in [2.45, 2.75) is 30.3 Å². The van der Waals surface area contributed by atoms with Crippen LogP contribution in [0.4, 0.5) is 17.1 Å². The Morgan fingerprint density at radius 3 is 2.02 bits per heavy atom. The van der Waals surface area contributed by atoms with Crippen molar-refractivity contribution >= 4 is 42.8 Å². The van der Waals surface area contributed by atoms with Crippen LogP contribution < -0.4 is 20.1 Å². The Kier molecular flexibility index (Phi) is 9.71. The van der Waals surface area contributed by atoms with Crippen LogP contribution in [0.25, 0.3) is 0 Å². The molecule has 1 fully saturated rings. The van der Waals surface area contributed by atoms with Crippen LogP contribution in [-0.2, 0) is 26.4 Å². The monoisotopic (exact) mass is 649 g/mol. The van der Waals surface area contributed by atoms with Gasteiger partial charge >= 0.3 is 0 Å². The van der Waals surface area contributed by atoms with E-state index in [1.807, 2.05) is 30.5 Å². The predicted molar refractivity (Wildman–Crippen MR) is 175 cm³/mol. The number of carbonyl (C=O) groups excluding carboxylic acids is 1. The number of sulfone groups is 1. The summed E-state index contributed by atoms with van der Waals surface area (Å²) in [5.74, 6) is 0.743. The molecule has 13 heteroatoms. The molecule has 0 unspecified atom stereocenters. The van der Waals surface area contributed by atoms with Gasteiger partial charge in [0, 0.05) is 66.8 Å². The number of pyridine rings is 1. The van der Waals surface area contributed by atoms with Gasteiger partial charge in [-0.25, -0.2) is 21.8 Å². The standard InChI is InChI=1S/C32H35N5O6S2/c1-44(39,40)30-14-10-26(11-15-30)35-32(38)24-4-6-25(7-5-24)34-27-17-19-37(20-18-27)22-23-3-16-31(33-21-23)43-29-12-8-28(9-13-29)36-45(2,41)42/h3-16,21,27,34,36H,17-20,22H2,1-2H3,(H,35,38). The molecule has 0 spiro atoms. The summed E-state index contributed by atoms with van der Waals surface area (Å²) in [7, 11) is -6.63. The zero-order valence-corrected chi connectivity index (χ0v) is 26.6. The van der Waals surface area contributed by atoms with Crippen LogP contribution in [0.3, 0.4) is 0 Å². The van der Waals surface area contributed by atoms with Crippen molar-refractivity contribution in [1.82, 2.24) is 9.88 Å². The van der Waals surface area contributed by atoms with E-state index < -0.39 is 19.9 Å². The number of aromatic nitrogens is 1. The van der Waals surface area contributed by atoms with Gasteiger partial charge in [-0.05, 0) is 91.2 Å². The van der Waals surface area contributed by atoms with Crippen molar-refractivity contribution in [3.63, 3.8) is 0 Å². The van der Waals surface area contributed by atoms with E-state index in [0.717, 1.165) is 56.2 Å². The molecule has 3 aromatic carbocycles. The van der Waals surface area contributed by atoms with Gasteiger partial charge in [0.15, 0.2) is 9.84 Å². The summed E-state index contributed by atoms with van der Waals surface area (Å²) in [5.41, 5.74) is 3.52. The van der Waals surface area contributed by atoms with Crippen molar-refractivity contribution in [3.8, 4) is 11.6 Å². The van der Waals surface area contributed by atoms with Gasteiger partial charge in [-0.1, -0.05) is 6.07 Å². The number of nitrogens with one attached hydrogen (secondary N) is 3. The van der Waals surface area contributed by atoms with E-state index in [-0.39, 0.29) is 10.8 Å².